The van der Waals surface area contributed by atoms with Gasteiger partial charge in [-0.25, -0.2) is 4.79 Å². The SMILES string of the molecule is CC(O)CO.O=C(O)C=Cc1cc(O)cc(O)c1. The summed E-state index contributed by atoms with van der Waals surface area (Å²) in [6.45, 7) is 1.39. The van der Waals surface area contributed by atoms with Crippen LogP contribution >= 0.6 is 0 Å². The molecule has 0 fully saturated rings. The van der Waals surface area contributed by atoms with E-state index in [9.17, 15) is 4.79 Å². The maximum atomic E-state index is 10.1. The summed E-state index contributed by atoms with van der Waals surface area (Å²) in [4.78, 5) is 10.1. The number of hydrogen-bond acceptors (Lipinski definition) is 5. The molecule has 1 aromatic rings. The number of rotatable bonds is 3. The van der Waals surface area contributed by atoms with Gasteiger partial charge in [-0.3, -0.25) is 0 Å². The van der Waals surface area contributed by atoms with Crippen LogP contribution in [0.4, 0.5) is 0 Å². The number of hydrogen-bond donors (Lipinski definition) is 5. The van der Waals surface area contributed by atoms with E-state index in [1.807, 2.05) is 0 Å². The average Bonchev–Trinajstić information content (AvgIpc) is 2.26. The van der Waals surface area contributed by atoms with Crippen LogP contribution in [0.2, 0.25) is 0 Å². The molecule has 0 radical (unpaired) electrons. The lowest BCUT2D eigenvalue weighted by molar-refractivity contribution is -0.131. The van der Waals surface area contributed by atoms with E-state index in [-0.39, 0.29) is 18.1 Å². The number of phenols is 2. The second-order valence-corrected chi connectivity index (χ2v) is 3.49. The third-order valence-electron chi connectivity index (χ3n) is 1.61. The molecule has 0 saturated heterocycles. The number of aliphatic hydroxyl groups excluding tert-OH is 2. The molecule has 1 rings (SSSR count). The number of aromatic hydroxyl groups is 2. The molecule has 0 aromatic heterocycles. The van der Waals surface area contributed by atoms with E-state index in [2.05, 4.69) is 0 Å². The van der Waals surface area contributed by atoms with Crippen LogP contribution in [0.1, 0.15) is 12.5 Å². The number of phenolic OH excluding ortho intramolecular Hbond substituents is 2. The first-order chi connectivity index (χ1) is 8.35. The Labute approximate surface area is 104 Å². The summed E-state index contributed by atoms with van der Waals surface area (Å²) in [6, 6.07) is 3.86. The van der Waals surface area contributed by atoms with Gasteiger partial charge in [-0.05, 0) is 30.7 Å². The third-order valence-corrected chi connectivity index (χ3v) is 1.61. The summed E-state index contributed by atoms with van der Waals surface area (Å²) in [5.41, 5.74) is 0.430. The molecule has 1 unspecified atom stereocenters. The molecule has 1 aromatic carbocycles. The zero-order chi connectivity index (χ0) is 14.1. The van der Waals surface area contributed by atoms with Gasteiger partial charge in [-0.1, -0.05) is 0 Å². The lowest BCUT2D eigenvalue weighted by Gasteiger charge is -1.96. The summed E-state index contributed by atoms with van der Waals surface area (Å²) < 4.78 is 0. The van der Waals surface area contributed by atoms with Gasteiger partial charge in [0.1, 0.15) is 11.5 Å². The topological polar surface area (TPSA) is 118 Å². The van der Waals surface area contributed by atoms with Gasteiger partial charge in [0, 0.05) is 12.1 Å². The molecule has 0 aliphatic rings. The van der Waals surface area contributed by atoms with E-state index in [0.29, 0.717) is 5.56 Å². The normalized spacial score (nSPS) is 11.7. The second kappa shape index (κ2) is 8.10. The van der Waals surface area contributed by atoms with Crippen molar-refractivity contribution in [1.82, 2.24) is 0 Å². The summed E-state index contributed by atoms with van der Waals surface area (Å²) >= 11 is 0. The lowest BCUT2D eigenvalue weighted by atomic mass is 10.2. The van der Waals surface area contributed by atoms with Gasteiger partial charge in [-0.15, -0.1) is 0 Å². The zero-order valence-corrected chi connectivity index (χ0v) is 9.82. The quantitative estimate of drug-likeness (QED) is 0.504. The highest BCUT2D eigenvalue weighted by atomic mass is 16.4. The first-order valence-electron chi connectivity index (χ1n) is 5.08. The molecule has 1 atom stereocenters. The van der Waals surface area contributed by atoms with Gasteiger partial charge in [0.25, 0.3) is 0 Å². The molecule has 18 heavy (non-hydrogen) atoms. The van der Waals surface area contributed by atoms with Crippen LogP contribution in [0, 0.1) is 0 Å². The fourth-order valence-electron chi connectivity index (χ4n) is 0.882. The number of aliphatic carboxylic acids is 1. The van der Waals surface area contributed by atoms with Crippen LogP contribution < -0.4 is 0 Å². The fourth-order valence-corrected chi connectivity index (χ4v) is 0.882. The molecule has 0 heterocycles. The van der Waals surface area contributed by atoms with Crippen molar-refractivity contribution in [1.29, 1.82) is 0 Å². The average molecular weight is 256 g/mol. The van der Waals surface area contributed by atoms with Crippen LogP contribution in [0.5, 0.6) is 11.5 Å². The number of carboxylic acids is 1. The van der Waals surface area contributed by atoms with Gasteiger partial charge in [0.15, 0.2) is 0 Å². The van der Waals surface area contributed by atoms with Gasteiger partial charge >= 0.3 is 5.97 Å². The Morgan fingerprint density at radius 1 is 1.28 bits per heavy atom. The predicted octanol–water partition coefficient (Wildman–Crippen LogP) is 0.555. The monoisotopic (exact) mass is 256 g/mol. The zero-order valence-electron chi connectivity index (χ0n) is 9.82. The minimum atomic E-state index is -1.08. The van der Waals surface area contributed by atoms with Crippen molar-refractivity contribution in [3.8, 4) is 11.5 Å². The fraction of sp³-hybridized carbons (Fsp3) is 0.250. The van der Waals surface area contributed by atoms with E-state index >= 15 is 0 Å². The highest BCUT2D eigenvalue weighted by Gasteiger charge is 1.96. The molecule has 6 nitrogen and oxygen atoms in total. The predicted molar refractivity (Wildman–Crippen MR) is 65.2 cm³/mol. The Balaban J connectivity index is 0.000000494. The molecule has 0 amide bonds. The van der Waals surface area contributed by atoms with Crippen LogP contribution in [-0.4, -0.2) is 44.2 Å². The molecule has 0 bridgehead atoms. The van der Waals surface area contributed by atoms with Crippen LogP contribution in [0.3, 0.4) is 0 Å². The Bertz CT molecular complexity index is 391. The van der Waals surface area contributed by atoms with E-state index < -0.39 is 12.1 Å². The van der Waals surface area contributed by atoms with Gasteiger partial charge in [-0.2, -0.15) is 0 Å². The first kappa shape index (κ1) is 16.0. The Morgan fingerprint density at radius 3 is 2.06 bits per heavy atom. The minimum absolute atomic E-state index is 0.106. The van der Waals surface area contributed by atoms with E-state index in [4.69, 9.17) is 25.5 Å². The lowest BCUT2D eigenvalue weighted by Crippen LogP contribution is -2.03. The molecule has 0 aliphatic heterocycles. The van der Waals surface area contributed by atoms with Gasteiger partial charge < -0.3 is 25.5 Å². The molecule has 0 aliphatic carbocycles. The van der Waals surface area contributed by atoms with Crippen molar-refractivity contribution >= 4 is 12.0 Å². The smallest absolute Gasteiger partial charge is 0.328 e. The number of carbonyl (C=O) groups is 1. The highest BCUT2D eigenvalue weighted by Crippen LogP contribution is 2.20. The van der Waals surface area contributed by atoms with Gasteiger partial charge in [0.05, 0.1) is 12.7 Å². The molecule has 0 spiro atoms. The Hall–Kier alpha value is -2.05. The third kappa shape index (κ3) is 8.14. The molecule has 5 N–H and O–H groups in total. The summed E-state index contributed by atoms with van der Waals surface area (Å²) in [6.07, 6.45) is 1.64. The molecular weight excluding hydrogens is 240 g/mol. The number of aliphatic hydroxyl groups is 2. The van der Waals surface area contributed by atoms with Crippen LogP contribution in [0.15, 0.2) is 24.3 Å². The van der Waals surface area contributed by atoms with Crippen LogP contribution in [0.25, 0.3) is 6.08 Å². The Kier molecular flexibility index (Phi) is 7.18. The van der Waals surface area contributed by atoms with Crippen molar-refractivity contribution in [3.05, 3.63) is 29.8 Å². The van der Waals surface area contributed by atoms with E-state index in [1.165, 1.54) is 25.1 Å². The number of benzene rings is 1. The van der Waals surface area contributed by atoms with Crippen molar-refractivity contribution in [3.63, 3.8) is 0 Å². The first-order valence-corrected chi connectivity index (χ1v) is 5.08. The summed E-state index contributed by atoms with van der Waals surface area (Å²) in [5.74, 6) is -1.29. The standard InChI is InChI=1S/C9H8O4.C3H8O2/c10-7-3-6(1-2-9(12)13)4-8(11)5-7;1-3(5)2-4/h1-5,10-11H,(H,12,13);3-5H,2H2,1H3. The summed E-state index contributed by atoms with van der Waals surface area (Å²) in [5, 5.41) is 42.3. The maximum Gasteiger partial charge on any atom is 0.328 e. The molecule has 100 valence electrons. The highest BCUT2D eigenvalue weighted by molar-refractivity contribution is 5.85. The number of carboxylic acid groups (broad SMARTS) is 1. The van der Waals surface area contributed by atoms with Gasteiger partial charge in [0.2, 0.25) is 0 Å². The van der Waals surface area contributed by atoms with Crippen molar-refractivity contribution in [2.75, 3.05) is 6.61 Å². The van der Waals surface area contributed by atoms with Crippen molar-refractivity contribution in [2.24, 2.45) is 0 Å². The second-order valence-electron chi connectivity index (χ2n) is 3.49. The van der Waals surface area contributed by atoms with E-state index in [0.717, 1.165) is 12.1 Å². The molecule has 0 saturated carbocycles. The minimum Gasteiger partial charge on any atom is -0.508 e. The van der Waals surface area contributed by atoms with Crippen LogP contribution in [-0.2, 0) is 4.79 Å². The molecule has 6 heteroatoms. The van der Waals surface area contributed by atoms with Crippen molar-refractivity contribution in [2.45, 2.75) is 13.0 Å². The Morgan fingerprint density at radius 2 is 1.72 bits per heavy atom. The maximum absolute atomic E-state index is 10.1. The van der Waals surface area contributed by atoms with Crippen molar-refractivity contribution < 1.29 is 30.3 Å². The molecular formula is C12H16O6. The van der Waals surface area contributed by atoms with E-state index in [1.54, 1.807) is 0 Å². The largest absolute Gasteiger partial charge is 0.508 e. The summed E-state index contributed by atoms with van der Waals surface area (Å²) in [7, 11) is 0.